The van der Waals surface area contributed by atoms with Gasteiger partial charge in [0.1, 0.15) is 16.4 Å². The Morgan fingerprint density at radius 1 is 0.750 bits per heavy atom. The number of hydrogen-bond acceptors (Lipinski definition) is 4. The van der Waals surface area contributed by atoms with E-state index in [2.05, 4.69) is 106 Å². The summed E-state index contributed by atoms with van der Waals surface area (Å²) in [6.45, 7) is 6.74. The topological polar surface area (TPSA) is 38.4 Å². The van der Waals surface area contributed by atoms with Crippen LogP contribution in [0.3, 0.4) is 0 Å². The highest BCUT2D eigenvalue weighted by molar-refractivity contribution is 7.21. The molecular formula is C36H28N2OS. The summed E-state index contributed by atoms with van der Waals surface area (Å²) < 4.78 is 7.48. The zero-order valence-electron chi connectivity index (χ0n) is 22.7. The van der Waals surface area contributed by atoms with Crippen LogP contribution >= 0.6 is 11.3 Å². The van der Waals surface area contributed by atoms with Gasteiger partial charge in [0.15, 0.2) is 0 Å². The summed E-state index contributed by atoms with van der Waals surface area (Å²) in [6, 6.07) is 37.8. The van der Waals surface area contributed by atoms with Crippen molar-refractivity contribution >= 4 is 55.2 Å². The monoisotopic (exact) mass is 536 g/mol. The van der Waals surface area contributed by atoms with E-state index >= 15 is 0 Å². The maximum absolute atomic E-state index is 6.33. The Hall–Kier alpha value is -4.54. The molecule has 0 N–H and O–H groups in total. The minimum atomic E-state index is -0.0141. The number of benzene rings is 5. The first kappa shape index (κ1) is 24.5. The standard InChI is InChI=1S/C36H28N2OS/c1-36(2,3)26-20-29(32-19-24-12-5-9-18-31(24)39-32)34-33(21-26)40-35(38-34)28-16-7-8-17-30(28)37-22-25-14-10-13-23-11-4-6-15-27(23)25/h4-22H,1-3H3. The van der Waals surface area contributed by atoms with Crippen LogP contribution in [0.4, 0.5) is 5.69 Å². The summed E-state index contributed by atoms with van der Waals surface area (Å²) in [6.07, 6.45) is 1.96. The van der Waals surface area contributed by atoms with Crippen molar-refractivity contribution < 1.29 is 4.42 Å². The van der Waals surface area contributed by atoms with Gasteiger partial charge in [0.25, 0.3) is 0 Å². The molecule has 0 aliphatic heterocycles. The van der Waals surface area contributed by atoms with Crippen LogP contribution in [0, 0.1) is 0 Å². The van der Waals surface area contributed by atoms with E-state index in [0.29, 0.717) is 0 Å². The van der Waals surface area contributed by atoms with E-state index < -0.39 is 0 Å². The fraction of sp³-hybridized carbons (Fsp3) is 0.111. The molecule has 0 unspecified atom stereocenters. The van der Waals surface area contributed by atoms with E-state index in [4.69, 9.17) is 14.4 Å². The first-order valence-corrected chi connectivity index (χ1v) is 14.3. The molecular weight excluding hydrogens is 508 g/mol. The molecule has 0 radical (unpaired) electrons. The highest BCUT2D eigenvalue weighted by atomic mass is 32.1. The Bertz CT molecular complexity index is 2020. The molecule has 2 aromatic heterocycles. The lowest BCUT2D eigenvalue weighted by molar-refractivity contribution is 0.590. The van der Waals surface area contributed by atoms with Gasteiger partial charge in [0.2, 0.25) is 0 Å². The fourth-order valence-electron chi connectivity index (χ4n) is 5.15. The van der Waals surface area contributed by atoms with Gasteiger partial charge >= 0.3 is 0 Å². The van der Waals surface area contributed by atoms with Gasteiger partial charge < -0.3 is 4.42 Å². The summed E-state index contributed by atoms with van der Waals surface area (Å²) in [7, 11) is 0. The van der Waals surface area contributed by atoms with Crippen LogP contribution in [0.5, 0.6) is 0 Å². The van der Waals surface area contributed by atoms with E-state index in [1.54, 1.807) is 11.3 Å². The van der Waals surface area contributed by atoms with E-state index in [-0.39, 0.29) is 5.41 Å². The smallest absolute Gasteiger partial charge is 0.137 e. The Kier molecular flexibility index (Phi) is 5.87. The average Bonchev–Trinajstić information content (AvgIpc) is 3.60. The first-order chi connectivity index (χ1) is 19.4. The molecule has 0 fully saturated rings. The summed E-state index contributed by atoms with van der Waals surface area (Å²) in [5, 5.41) is 4.44. The molecule has 194 valence electrons. The lowest BCUT2D eigenvalue weighted by atomic mass is 9.85. The molecule has 7 aromatic rings. The maximum Gasteiger partial charge on any atom is 0.137 e. The van der Waals surface area contributed by atoms with Crippen molar-refractivity contribution in [3.05, 3.63) is 120 Å². The lowest BCUT2D eigenvalue weighted by Crippen LogP contribution is -2.10. The van der Waals surface area contributed by atoms with Gasteiger partial charge in [0.05, 0.1) is 15.9 Å². The highest BCUT2D eigenvalue weighted by Crippen LogP contribution is 2.42. The lowest BCUT2D eigenvalue weighted by Gasteiger charge is -2.19. The van der Waals surface area contributed by atoms with Gasteiger partial charge in [-0.05, 0) is 58.1 Å². The summed E-state index contributed by atoms with van der Waals surface area (Å²) >= 11 is 1.71. The third-order valence-corrected chi connectivity index (χ3v) is 8.39. The second-order valence-electron chi connectivity index (χ2n) is 11.1. The zero-order chi connectivity index (χ0) is 27.3. The van der Waals surface area contributed by atoms with E-state index in [1.165, 1.54) is 16.3 Å². The predicted octanol–water partition coefficient (Wildman–Crippen LogP) is 10.6. The molecule has 0 saturated carbocycles. The summed E-state index contributed by atoms with van der Waals surface area (Å²) in [4.78, 5) is 10.2. The number of nitrogens with zero attached hydrogens (tertiary/aromatic N) is 2. The van der Waals surface area contributed by atoms with Crippen molar-refractivity contribution in [3.63, 3.8) is 0 Å². The molecule has 0 saturated heterocycles. The molecule has 0 bridgehead atoms. The fourth-order valence-corrected chi connectivity index (χ4v) is 6.22. The van der Waals surface area contributed by atoms with Crippen LogP contribution in [-0.4, -0.2) is 11.2 Å². The Morgan fingerprint density at radius 2 is 1.50 bits per heavy atom. The molecule has 0 atom stereocenters. The number of furan rings is 1. The van der Waals surface area contributed by atoms with Crippen molar-refractivity contribution in [1.82, 2.24) is 4.98 Å². The molecule has 5 aromatic carbocycles. The number of aliphatic imine (C=N–C) groups is 1. The Labute approximate surface area is 237 Å². The van der Waals surface area contributed by atoms with Gasteiger partial charge in [-0.2, -0.15) is 0 Å². The maximum atomic E-state index is 6.33. The second kappa shape index (κ2) is 9.58. The molecule has 2 heterocycles. The van der Waals surface area contributed by atoms with Crippen LogP contribution in [0.25, 0.3) is 53.9 Å². The zero-order valence-corrected chi connectivity index (χ0v) is 23.5. The molecule has 0 aliphatic carbocycles. The molecule has 0 amide bonds. The van der Waals surface area contributed by atoms with E-state index in [1.807, 2.05) is 30.5 Å². The van der Waals surface area contributed by atoms with Crippen LogP contribution in [0.2, 0.25) is 0 Å². The van der Waals surface area contributed by atoms with Crippen LogP contribution in [0.1, 0.15) is 31.9 Å². The second-order valence-corrected chi connectivity index (χ2v) is 12.2. The van der Waals surface area contributed by atoms with E-state index in [0.717, 1.165) is 54.3 Å². The van der Waals surface area contributed by atoms with Crippen molar-refractivity contribution in [2.24, 2.45) is 4.99 Å². The highest BCUT2D eigenvalue weighted by Gasteiger charge is 2.22. The Morgan fingerprint density at radius 3 is 2.35 bits per heavy atom. The van der Waals surface area contributed by atoms with Gasteiger partial charge in [0, 0.05) is 28.3 Å². The van der Waals surface area contributed by atoms with Crippen molar-refractivity contribution in [2.45, 2.75) is 26.2 Å². The normalized spacial score (nSPS) is 12.3. The van der Waals surface area contributed by atoms with Crippen LogP contribution in [0.15, 0.2) is 119 Å². The molecule has 0 aliphatic rings. The number of para-hydroxylation sites is 2. The molecule has 40 heavy (non-hydrogen) atoms. The third kappa shape index (κ3) is 4.41. The minimum Gasteiger partial charge on any atom is -0.456 e. The van der Waals surface area contributed by atoms with Crippen molar-refractivity contribution in [1.29, 1.82) is 0 Å². The number of fused-ring (bicyclic) bond motifs is 3. The van der Waals surface area contributed by atoms with Gasteiger partial charge in [-0.25, -0.2) is 4.98 Å². The summed E-state index contributed by atoms with van der Waals surface area (Å²) in [5.74, 6) is 0.844. The number of aromatic nitrogens is 1. The minimum absolute atomic E-state index is 0.0141. The quantitative estimate of drug-likeness (QED) is 0.210. The Balaban J connectivity index is 1.37. The molecule has 7 rings (SSSR count). The van der Waals surface area contributed by atoms with Gasteiger partial charge in [-0.1, -0.05) is 93.6 Å². The third-order valence-electron chi connectivity index (χ3n) is 7.35. The number of thiazole rings is 1. The van der Waals surface area contributed by atoms with Crippen LogP contribution < -0.4 is 0 Å². The van der Waals surface area contributed by atoms with Gasteiger partial charge in [-0.15, -0.1) is 11.3 Å². The van der Waals surface area contributed by atoms with Crippen molar-refractivity contribution in [2.75, 3.05) is 0 Å². The van der Waals surface area contributed by atoms with Crippen molar-refractivity contribution in [3.8, 4) is 21.9 Å². The number of rotatable bonds is 4. The predicted molar refractivity (Wildman–Crippen MR) is 170 cm³/mol. The average molecular weight is 537 g/mol. The van der Waals surface area contributed by atoms with Gasteiger partial charge in [-0.3, -0.25) is 4.99 Å². The first-order valence-electron chi connectivity index (χ1n) is 13.5. The number of hydrogen-bond donors (Lipinski definition) is 0. The largest absolute Gasteiger partial charge is 0.456 e. The summed E-state index contributed by atoms with van der Waals surface area (Å²) in [5.41, 5.74) is 7.13. The SMILES string of the molecule is CC(C)(C)c1cc(-c2cc3ccccc3o2)c2nc(-c3ccccc3N=Cc3cccc4ccccc34)sc2c1. The molecule has 3 nitrogen and oxygen atoms in total. The van der Waals surface area contributed by atoms with Crippen LogP contribution in [-0.2, 0) is 5.41 Å². The molecule has 0 spiro atoms. The van der Waals surface area contributed by atoms with E-state index in [9.17, 15) is 0 Å². The molecule has 4 heteroatoms.